The maximum Gasteiger partial charge on any atom is 0.224 e. The van der Waals surface area contributed by atoms with Gasteiger partial charge in [0.15, 0.2) is 11.6 Å². The van der Waals surface area contributed by atoms with Gasteiger partial charge in [0.25, 0.3) is 0 Å². The summed E-state index contributed by atoms with van der Waals surface area (Å²) in [7, 11) is 0. The van der Waals surface area contributed by atoms with E-state index < -0.39 is 5.82 Å². The van der Waals surface area contributed by atoms with Crippen LogP contribution in [0, 0.1) is 12.7 Å². The summed E-state index contributed by atoms with van der Waals surface area (Å²) in [5.74, 6) is 0.115. The van der Waals surface area contributed by atoms with Crippen LogP contribution in [0.5, 0.6) is 0 Å². The lowest BCUT2D eigenvalue weighted by molar-refractivity contribution is 0.619. The molecule has 1 aromatic heterocycles. The van der Waals surface area contributed by atoms with Crippen molar-refractivity contribution in [1.82, 2.24) is 9.97 Å². The second-order valence-electron chi connectivity index (χ2n) is 4.40. The quantitative estimate of drug-likeness (QED) is 0.855. The van der Waals surface area contributed by atoms with E-state index in [2.05, 4.69) is 36.5 Å². The molecular weight excluding hydrogens is 323 g/mol. The monoisotopic (exact) mass is 338 g/mol. The van der Waals surface area contributed by atoms with Crippen LogP contribution in [-0.2, 0) is 0 Å². The number of hydrogen-bond donors (Lipinski definition) is 2. The predicted octanol–water partition coefficient (Wildman–Crippen LogP) is 4.25. The third-order valence-corrected chi connectivity index (χ3v) is 3.21. The molecule has 0 saturated carbocycles. The first-order valence-electron chi connectivity index (χ1n) is 6.39. The minimum absolute atomic E-state index is 0.170. The fraction of sp³-hybridized carbons (Fsp3) is 0.286. The molecule has 0 unspecified atom stereocenters. The van der Waals surface area contributed by atoms with Crippen LogP contribution in [0.4, 0.5) is 21.8 Å². The topological polar surface area (TPSA) is 49.8 Å². The first-order chi connectivity index (χ1) is 9.60. The number of anilines is 3. The van der Waals surface area contributed by atoms with Crippen LogP contribution in [0.1, 0.15) is 18.9 Å². The molecule has 0 aliphatic rings. The van der Waals surface area contributed by atoms with Gasteiger partial charge in [-0.1, -0.05) is 22.9 Å². The molecule has 4 nitrogen and oxygen atoms in total. The molecule has 106 valence electrons. The largest absolute Gasteiger partial charge is 0.354 e. The number of aryl methyl sites for hydroxylation is 1. The zero-order chi connectivity index (χ0) is 14.5. The van der Waals surface area contributed by atoms with E-state index >= 15 is 0 Å². The van der Waals surface area contributed by atoms with Crippen molar-refractivity contribution in [2.45, 2.75) is 20.3 Å². The smallest absolute Gasteiger partial charge is 0.224 e. The molecule has 1 heterocycles. The molecule has 0 bridgehead atoms. The van der Waals surface area contributed by atoms with Gasteiger partial charge in [-0.2, -0.15) is 4.98 Å². The molecule has 0 atom stereocenters. The van der Waals surface area contributed by atoms with Gasteiger partial charge in [-0.05, 0) is 37.1 Å². The van der Waals surface area contributed by atoms with E-state index in [9.17, 15) is 4.39 Å². The van der Waals surface area contributed by atoms with E-state index in [1.807, 2.05) is 32.0 Å². The molecule has 0 spiro atoms. The van der Waals surface area contributed by atoms with Crippen molar-refractivity contribution in [3.63, 3.8) is 0 Å². The Hall–Kier alpha value is -1.69. The van der Waals surface area contributed by atoms with Crippen LogP contribution in [0.25, 0.3) is 0 Å². The molecule has 0 fully saturated rings. The van der Waals surface area contributed by atoms with Crippen molar-refractivity contribution in [2.75, 3.05) is 17.2 Å². The Bertz CT molecular complexity index is 604. The van der Waals surface area contributed by atoms with Gasteiger partial charge in [-0.15, -0.1) is 0 Å². The first-order valence-corrected chi connectivity index (χ1v) is 7.19. The summed E-state index contributed by atoms with van der Waals surface area (Å²) in [5, 5.41) is 6.03. The number of aromatic nitrogens is 2. The molecule has 0 aliphatic heterocycles. The summed E-state index contributed by atoms with van der Waals surface area (Å²) in [4.78, 5) is 8.06. The van der Waals surface area contributed by atoms with Crippen molar-refractivity contribution < 1.29 is 4.39 Å². The molecule has 2 N–H and O–H groups in total. The van der Waals surface area contributed by atoms with Gasteiger partial charge in [-0.25, -0.2) is 9.37 Å². The molecule has 6 heteroatoms. The fourth-order valence-corrected chi connectivity index (χ4v) is 2.15. The molecule has 0 saturated heterocycles. The molecular formula is C14H16BrFN4. The van der Waals surface area contributed by atoms with E-state index in [-0.39, 0.29) is 5.82 Å². The number of hydrogen-bond acceptors (Lipinski definition) is 4. The Kier molecular flexibility index (Phi) is 4.89. The molecule has 20 heavy (non-hydrogen) atoms. The van der Waals surface area contributed by atoms with Gasteiger partial charge in [-0.3, -0.25) is 0 Å². The van der Waals surface area contributed by atoms with Crippen LogP contribution in [0.2, 0.25) is 0 Å². The minimum Gasteiger partial charge on any atom is -0.354 e. The Morgan fingerprint density at radius 3 is 2.85 bits per heavy atom. The SMILES string of the molecule is CCCNc1ncc(F)c(Nc2ccc(Br)cc2C)n1. The molecule has 0 radical (unpaired) electrons. The van der Waals surface area contributed by atoms with E-state index in [0.29, 0.717) is 5.95 Å². The van der Waals surface area contributed by atoms with Crippen LogP contribution in [0.15, 0.2) is 28.9 Å². The average molecular weight is 339 g/mol. The molecule has 0 amide bonds. The predicted molar refractivity (Wildman–Crippen MR) is 82.9 cm³/mol. The molecule has 2 rings (SSSR count). The van der Waals surface area contributed by atoms with Crippen LogP contribution < -0.4 is 10.6 Å². The summed E-state index contributed by atoms with van der Waals surface area (Å²) in [5.41, 5.74) is 1.81. The van der Waals surface area contributed by atoms with Crippen molar-refractivity contribution in [3.05, 3.63) is 40.2 Å². The zero-order valence-electron chi connectivity index (χ0n) is 11.4. The highest BCUT2D eigenvalue weighted by atomic mass is 79.9. The maximum atomic E-state index is 13.8. The van der Waals surface area contributed by atoms with Gasteiger partial charge in [0.2, 0.25) is 5.95 Å². The van der Waals surface area contributed by atoms with E-state index in [0.717, 1.165) is 28.7 Å². The standard InChI is InChI=1S/C14H16BrFN4/c1-3-6-17-14-18-8-11(16)13(20-14)19-12-5-4-10(15)7-9(12)2/h4-5,7-8H,3,6H2,1-2H3,(H2,17,18,19,20). The lowest BCUT2D eigenvalue weighted by Crippen LogP contribution is -2.07. The molecule has 0 aliphatic carbocycles. The maximum absolute atomic E-state index is 13.8. The second kappa shape index (κ2) is 6.65. The van der Waals surface area contributed by atoms with Crippen molar-refractivity contribution >= 4 is 33.4 Å². The normalized spacial score (nSPS) is 10.4. The summed E-state index contributed by atoms with van der Waals surface area (Å²) < 4.78 is 14.7. The van der Waals surface area contributed by atoms with Crippen LogP contribution >= 0.6 is 15.9 Å². The van der Waals surface area contributed by atoms with Crippen molar-refractivity contribution in [2.24, 2.45) is 0 Å². The Labute approximate surface area is 126 Å². The summed E-state index contributed by atoms with van der Waals surface area (Å²) in [6.07, 6.45) is 2.12. The lowest BCUT2D eigenvalue weighted by atomic mass is 10.2. The first kappa shape index (κ1) is 14.7. The second-order valence-corrected chi connectivity index (χ2v) is 5.32. The van der Waals surface area contributed by atoms with E-state index in [1.54, 1.807) is 0 Å². The third-order valence-electron chi connectivity index (χ3n) is 2.72. The number of benzene rings is 1. The number of halogens is 2. The van der Waals surface area contributed by atoms with Gasteiger partial charge < -0.3 is 10.6 Å². The highest BCUT2D eigenvalue weighted by Crippen LogP contribution is 2.24. The Morgan fingerprint density at radius 2 is 2.15 bits per heavy atom. The minimum atomic E-state index is -0.477. The third kappa shape index (κ3) is 3.66. The Balaban J connectivity index is 2.23. The van der Waals surface area contributed by atoms with E-state index in [1.165, 1.54) is 6.20 Å². The van der Waals surface area contributed by atoms with Crippen molar-refractivity contribution in [3.8, 4) is 0 Å². The summed E-state index contributed by atoms with van der Waals surface area (Å²) in [6, 6.07) is 5.72. The van der Waals surface area contributed by atoms with Gasteiger partial charge in [0.05, 0.1) is 6.20 Å². The average Bonchev–Trinajstić information content (AvgIpc) is 2.42. The summed E-state index contributed by atoms with van der Waals surface area (Å²) in [6.45, 7) is 4.74. The Morgan fingerprint density at radius 1 is 1.35 bits per heavy atom. The molecule has 2 aromatic rings. The van der Waals surface area contributed by atoms with Gasteiger partial charge in [0, 0.05) is 16.7 Å². The highest BCUT2D eigenvalue weighted by molar-refractivity contribution is 9.10. The van der Waals surface area contributed by atoms with Gasteiger partial charge in [0.1, 0.15) is 0 Å². The zero-order valence-corrected chi connectivity index (χ0v) is 13.0. The number of nitrogens with one attached hydrogen (secondary N) is 2. The number of nitrogens with zero attached hydrogens (tertiary/aromatic N) is 2. The van der Waals surface area contributed by atoms with Crippen LogP contribution in [-0.4, -0.2) is 16.5 Å². The van der Waals surface area contributed by atoms with Gasteiger partial charge >= 0.3 is 0 Å². The fourth-order valence-electron chi connectivity index (χ4n) is 1.67. The number of rotatable bonds is 5. The lowest BCUT2D eigenvalue weighted by Gasteiger charge is -2.11. The highest BCUT2D eigenvalue weighted by Gasteiger charge is 2.08. The van der Waals surface area contributed by atoms with Crippen LogP contribution in [0.3, 0.4) is 0 Å². The summed E-state index contributed by atoms with van der Waals surface area (Å²) >= 11 is 3.40. The molecule has 1 aromatic carbocycles. The van der Waals surface area contributed by atoms with E-state index in [4.69, 9.17) is 0 Å². The van der Waals surface area contributed by atoms with Crippen molar-refractivity contribution in [1.29, 1.82) is 0 Å².